The summed E-state index contributed by atoms with van der Waals surface area (Å²) in [6, 6.07) is 11.8. The lowest BCUT2D eigenvalue weighted by molar-refractivity contribution is 0.382. The van der Waals surface area contributed by atoms with E-state index in [1.807, 2.05) is 12.1 Å². The van der Waals surface area contributed by atoms with Crippen molar-refractivity contribution in [1.29, 1.82) is 5.26 Å². The van der Waals surface area contributed by atoms with Gasteiger partial charge in [0.25, 0.3) is 0 Å². The number of hydrogen-bond donors (Lipinski definition) is 0. The van der Waals surface area contributed by atoms with Gasteiger partial charge in [0.05, 0.1) is 6.07 Å². The average molecular weight is 315 g/mol. The molecule has 1 saturated carbocycles. The number of benzene rings is 2. The highest BCUT2D eigenvalue weighted by Crippen LogP contribution is 2.36. The zero-order chi connectivity index (χ0) is 16.4. The summed E-state index contributed by atoms with van der Waals surface area (Å²) >= 11 is 0. The molecule has 1 aliphatic carbocycles. The maximum Gasteiger partial charge on any atom is 0.194 e. The molecule has 4 heteroatoms. The number of halogens is 3. The molecule has 0 spiro atoms. The molecule has 0 radical (unpaired) electrons. The fourth-order valence-corrected chi connectivity index (χ4v) is 3.23. The molecule has 23 heavy (non-hydrogen) atoms. The van der Waals surface area contributed by atoms with Crippen molar-refractivity contribution in [2.75, 3.05) is 0 Å². The van der Waals surface area contributed by atoms with E-state index >= 15 is 0 Å². The van der Waals surface area contributed by atoms with Crippen molar-refractivity contribution in [2.45, 2.75) is 31.6 Å². The van der Waals surface area contributed by atoms with Crippen LogP contribution < -0.4 is 0 Å². The fraction of sp³-hybridized carbons (Fsp3) is 0.316. The van der Waals surface area contributed by atoms with Crippen LogP contribution in [-0.4, -0.2) is 0 Å². The van der Waals surface area contributed by atoms with Crippen LogP contribution in [0.3, 0.4) is 0 Å². The molecule has 2 aromatic carbocycles. The Kier molecular flexibility index (Phi) is 4.38. The third kappa shape index (κ3) is 3.24. The van der Waals surface area contributed by atoms with E-state index in [0.29, 0.717) is 17.0 Å². The highest BCUT2D eigenvalue weighted by molar-refractivity contribution is 5.64. The van der Waals surface area contributed by atoms with Crippen LogP contribution in [0, 0.1) is 34.7 Å². The molecule has 2 aromatic rings. The summed E-state index contributed by atoms with van der Waals surface area (Å²) in [6.07, 6.45) is 3.80. The summed E-state index contributed by atoms with van der Waals surface area (Å²) in [6.45, 7) is 0. The normalized spacial score (nSPS) is 21.0. The van der Waals surface area contributed by atoms with Gasteiger partial charge >= 0.3 is 0 Å². The van der Waals surface area contributed by atoms with E-state index in [-0.39, 0.29) is 5.92 Å². The Morgan fingerprint density at radius 1 is 0.826 bits per heavy atom. The molecule has 3 rings (SSSR count). The van der Waals surface area contributed by atoms with Gasteiger partial charge in [-0.15, -0.1) is 0 Å². The molecule has 0 amide bonds. The highest BCUT2D eigenvalue weighted by atomic mass is 19.2. The molecule has 0 N–H and O–H groups in total. The first-order chi connectivity index (χ1) is 11.1. The van der Waals surface area contributed by atoms with E-state index in [0.717, 1.165) is 37.8 Å². The first-order valence-electron chi connectivity index (χ1n) is 7.73. The molecule has 0 bridgehead atoms. The monoisotopic (exact) mass is 315 g/mol. The molecule has 1 fully saturated rings. The number of nitriles is 1. The van der Waals surface area contributed by atoms with Crippen molar-refractivity contribution >= 4 is 0 Å². The molecule has 118 valence electrons. The van der Waals surface area contributed by atoms with Gasteiger partial charge in [-0.1, -0.05) is 24.3 Å². The van der Waals surface area contributed by atoms with Crippen LogP contribution in [0.1, 0.15) is 37.2 Å². The van der Waals surface area contributed by atoms with Crippen LogP contribution in [0.25, 0.3) is 11.1 Å². The van der Waals surface area contributed by atoms with Gasteiger partial charge in [-0.05, 0) is 60.4 Å². The smallest absolute Gasteiger partial charge is 0.194 e. The van der Waals surface area contributed by atoms with Crippen molar-refractivity contribution in [3.05, 3.63) is 59.4 Å². The van der Waals surface area contributed by atoms with Crippen LogP contribution in [0.5, 0.6) is 0 Å². The molecule has 0 unspecified atom stereocenters. The van der Waals surface area contributed by atoms with Crippen molar-refractivity contribution in [3.8, 4) is 17.2 Å². The van der Waals surface area contributed by atoms with Gasteiger partial charge in [-0.2, -0.15) is 5.26 Å². The van der Waals surface area contributed by atoms with Gasteiger partial charge in [-0.3, -0.25) is 0 Å². The molecule has 1 nitrogen and oxygen atoms in total. The number of rotatable bonds is 2. The standard InChI is InChI=1S/C19H16F3N/c20-17-9-16(10-18(21)19(17)22)15-7-5-14(6-8-15)13-3-1-12(11-23)2-4-13/h5-10,12-13H,1-4H2. The third-order valence-electron chi connectivity index (χ3n) is 4.61. The van der Waals surface area contributed by atoms with Gasteiger partial charge in [0.1, 0.15) is 0 Å². The minimum Gasteiger partial charge on any atom is -0.204 e. The second kappa shape index (κ2) is 6.45. The SMILES string of the molecule is N#CC1CCC(c2ccc(-c3cc(F)c(F)c(F)c3)cc2)CC1. The minimum atomic E-state index is -1.44. The van der Waals surface area contributed by atoms with Crippen LogP contribution in [0.4, 0.5) is 13.2 Å². The largest absolute Gasteiger partial charge is 0.204 e. The number of nitrogens with zero attached hydrogens (tertiary/aromatic N) is 1. The molecule has 1 aliphatic rings. The third-order valence-corrected chi connectivity index (χ3v) is 4.61. The summed E-state index contributed by atoms with van der Waals surface area (Å²) in [7, 11) is 0. The van der Waals surface area contributed by atoms with Gasteiger partial charge in [-0.25, -0.2) is 13.2 Å². The topological polar surface area (TPSA) is 23.8 Å². The average Bonchev–Trinajstić information content (AvgIpc) is 2.59. The number of hydrogen-bond acceptors (Lipinski definition) is 1. The van der Waals surface area contributed by atoms with Gasteiger partial charge in [0.2, 0.25) is 0 Å². The van der Waals surface area contributed by atoms with E-state index < -0.39 is 17.5 Å². The zero-order valence-corrected chi connectivity index (χ0v) is 12.5. The van der Waals surface area contributed by atoms with Crippen molar-refractivity contribution in [1.82, 2.24) is 0 Å². The summed E-state index contributed by atoms with van der Waals surface area (Å²) in [4.78, 5) is 0. The predicted molar refractivity (Wildman–Crippen MR) is 82.1 cm³/mol. The summed E-state index contributed by atoms with van der Waals surface area (Å²) in [5.41, 5.74) is 2.14. The lowest BCUT2D eigenvalue weighted by Crippen LogP contribution is -2.11. The van der Waals surface area contributed by atoms with Crippen molar-refractivity contribution < 1.29 is 13.2 Å². The van der Waals surface area contributed by atoms with E-state index in [9.17, 15) is 13.2 Å². The maximum absolute atomic E-state index is 13.3. The first kappa shape index (κ1) is 15.6. The lowest BCUT2D eigenvalue weighted by Gasteiger charge is -2.25. The van der Waals surface area contributed by atoms with E-state index in [1.54, 1.807) is 12.1 Å². The van der Waals surface area contributed by atoms with Gasteiger partial charge in [0, 0.05) is 5.92 Å². The van der Waals surface area contributed by atoms with Crippen molar-refractivity contribution in [2.24, 2.45) is 5.92 Å². The van der Waals surface area contributed by atoms with E-state index in [1.165, 1.54) is 5.56 Å². The Hall–Kier alpha value is -2.28. The molecule has 0 atom stereocenters. The zero-order valence-electron chi connectivity index (χ0n) is 12.5. The molecule has 0 heterocycles. The second-order valence-electron chi connectivity index (χ2n) is 6.05. The Morgan fingerprint density at radius 3 is 1.91 bits per heavy atom. The van der Waals surface area contributed by atoms with E-state index in [4.69, 9.17) is 5.26 Å². The summed E-state index contributed by atoms with van der Waals surface area (Å²) < 4.78 is 39.7. The molecular formula is C19H16F3N. The van der Waals surface area contributed by atoms with Crippen LogP contribution in [0.15, 0.2) is 36.4 Å². The Bertz CT molecular complexity index is 715. The first-order valence-corrected chi connectivity index (χ1v) is 7.73. The quantitative estimate of drug-likeness (QED) is 0.665. The van der Waals surface area contributed by atoms with Crippen LogP contribution >= 0.6 is 0 Å². The van der Waals surface area contributed by atoms with Gasteiger partial charge < -0.3 is 0 Å². The minimum absolute atomic E-state index is 0.163. The van der Waals surface area contributed by atoms with Crippen molar-refractivity contribution in [3.63, 3.8) is 0 Å². The fourth-order valence-electron chi connectivity index (χ4n) is 3.23. The lowest BCUT2D eigenvalue weighted by atomic mass is 9.79. The van der Waals surface area contributed by atoms with Crippen LogP contribution in [-0.2, 0) is 0 Å². The van der Waals surface area contributed by atoms with E-state index in [2.05, 4.69) is 6.07 Å². The Morgan fingerprint density at radius 2 is 1.39 bits per heavy atom. The Labute approximate surface area is 133 Å². The maximum atomic E-state index is 13.3. The molecule has 0 aromatic heterocycles. The molecular weight excluding hydrogens is 299 g/mol. The summed E-state index contributed by atoms with van der Waals surface area (Å²) in [5.74, 6) is -3.22. The predicted octanol–water partition coefficient (Wildman–Crippen LogP) is 5.57. The molecule has 0 saturated heterocycles. The second-order valence-corrected chi connectivity index (χ2v) is 6.05. The van der Waals surface area contributed by atoms with Crippen LogP contribution in [0.2, 0.25) is 0 Å². The highest BCUT2D eigenvalue weighted by Gasteiger charge is 2.22. The molecule has 0 aliphatic heterocycles. The van der Waals surface area contributed by atoms with Gasteiger partial charge in [0.15, 0.2) is 17.5 Å². The summed E-state index contributed by atoms with van der Waals surface area (Å²) in [5, 5.41) is 8.94. The Balaban J connectivity index is 1.79.